The summed E-state index contributed by atoms with van der Waals surface area (Å²) in [5.74, 6) is 2.09. The first-order valence-corrected chi connectivity index (χ1v) is 10.8. The molecule has 2 aromatic carbocycles. The SMILES string of the molecule is COc1ccccc1-c1c(C)nn(C)c1NC(=O)Cc1ccc(CC2CCNC2)cc1. The third kappa shape index (κ3) is 4.80. The van der Waals surface area contributed by atoms with Crippen LogP contribution >= 0.6 is 0 Å². The first-order chi connectivity index (χ1) is 15.0. The fraction of sp³-hybridized carbons (Fsp3) is 0.360. The Morgan fingerprint density at radius 3 is 2.65 bits per heavy atom. The standard InChI is InChI=1S/C25H30N4O2/c1-17-24(21-6-4-5-7-22(21)31-3)25(29(2)28-17)27-23(30)15-19-10-8-18(9-11-19)14-20-12-13-26-16-20/h4-11,20,26H,12-16H2,1-3H3,(H,27,30). The van der Waals surface area contributed by atoms with Gasteiger partial charge in [0, 0.05) is 12.6 Å². The van der Waals surface area contributed by atoms with Crippen LogP contribution in [-0.2, 0) is 24.7 Å². The fourth-order valence-corrected chi connectivity index (χ4v) is 4.35. The minimum absolute atomic E-state index is 0.0631. The van der Waals surface area contributed by atoms with Crippen LogP contribution in [0, 0.1) is 12.8 Å². The van der Waals surface area contributed by atoms with Crippen molar-refractivity contribution in [3.8, 4) is 16.9 Å². The van der Waals surface area contributed by atoms with Gasteiger partial charge in [-0.1, -0.05) is 42.5 Å². The van der Waals surface area contributed by atoms with Gasteiger partial charge in [-0.2, -0.15) is 5.10 Å². The monoisotopic (exact) mass is 418 g/mol. The molecule has 1 aromatic heterocycles. The average Bonchev–Trinajstić information content (AvgIpc) is 3.37. The zero-order valence-corrected chi connectivity index (χ0v) is 18.4. The summed E-state index contributed by atoms with van der Waals surface area (Å²) in [6.07, 6.45) is 2.65. The van der Waals surface area contributed by atoms with Crippen molar-refractivity contribution in [2.75, 3.05) is 25.5 Å². The van der Waals surface area contributed by atoms with Crippen LogP contribution in [0.2, 0.25) is 0 Å². The molecule has 1 saturated heterocycles. The maximum Gasteiger partial charge on any atom is 0.229 e. The summed E-state index contributed by atoms with van der Waals surface area (Å²) in [5.41, 5.74) is 4.97. The van der Waals surface area contributed by atoms with Gasteiger partial charge in [-0.25, -0.2) is 0 Å². The molecule has 1 amide bonds. The number of rotatable bonds is 7. The molecule has 162 valence electrons. The molecule has 6 nitrogen and oxygen atoms in total. The number of hydrogen-bond acceptors (Lipinski definition) is 4. The maximum absolute atomic E-state index is 12.9. The molecular formula is C25H30N4O2. The molecule has 1 aliphatic rings. The van der Waals surface area contributed by atoms with Crippen molar-refractivity contribution in [3.63, 3.8) is 0 Å². The first-order valence-electron chi connectivity index (χ1n) is 10.8. The van der Waals surface area contributed by atoms with E-state index < -0.39 is 0 Å². The lowest BCUT2D eigenvalue weighted by Gasteiger charge is -2.12. The number of para-hydroxylation sites is 1. The summed E-state index contributed by atoms with van der Waals surface area (Å²) in [5, 5.41) is 11.0. The molecule has 2 heterocycles. The second-order valence-corrected chi connectivity index (χ2v) is 8.24. The summed E-state index contributed by atoms with van der Waals surface area (Å²) in [6.45, 7) is 4.16. The van der Waals surface area contributed by atoms with Gasteiger partial charge in [0.05, 0.1) is 24.8 Å². The minimum Gasteiger partial charge on any atom is -0.496 e. The van der Waals surface area contributed by atoms with E-state index in [4.69, 9.17) is 4.74 Å². The smallest absolute Gasteiger partial charge is 0.229 e. The number of anilines is 1. The van der Waals surface area contributed by atoms with Crippen LogP contribution in [0.4, 0.5) is 5.82 Å². The van der Waals surface area contributed by atoms with Crippen molar-refractivity contribution in [2.45, 2.75) is 26.2 Å². The third-order valence-corrected chi connectivity index (χ3v) is 5.93. The Hall–Kier alpha value is -3.12. The Morgan fingerprint density at radius 1 is 1.19 bits per heavy atom. The summed E-state index contributed by atoms with van der Waals surface area (Å²) < 4.78 is 7.24. The normalized spacial score (nSPS) is 15.8. The predicted molar refractivity (Wildman–Crippen MR) is 123 cm³/mol. The van der Waals surface area contributed by atoms with Gasteiger partial charge in [-0.05, 0) is 56.0 Å². The van der Waals surface area contributed by atoms with Crippen LogP contribution in [0.1, 0.15) is 23.2 Å². The fourth-order valence-electron chi connectivity index (χ4n) is 4.35. The molecule has 0 spiro atoms. The highest BCUT2D eigenvalue weighted by atomic mass is 16.5. The van der Waals surface area contributed by atoms with Gasteiger partial charge in [-0.15, -0.1) is 0 Å². The molecule has 0 bridgehead atoms. The highest BCUT2D eigenvalue weighted by Gasteiger charge is 2.20. The van der Waals surface area contributed by atoms with Crippen LogP contribution in [0.15, 0.2) is 48.5 Å². The van der Waals surface area contributed by atoms with Gasteiger partial charge in [0.2, 0.25) is 5.91 Å². The number of ether oxygens (including phenoxy) is 1. The molecule has 1 unspecified atom stereocenters. The number of nitrogens with zero attached hydrogens (tertiary/aromatic N) is 2. The predicted octanol–water partition coefficient (Wildman–Crippen LogP) is 3.74. The van der Waals surface area contributed by atoms with E-state index in [0.717, 1.165) is 53.6 Å². The number of amides is 1. The molecule has 1 aliphatic heterocycles. The lowest BCUT2D eigenvalue weighted by molar-refractivity contribution is -0.115. The molecule has 3 aromatic rings. The minimum atomic E-state index is -0.0631. The highest BCUT2D eigenvalue weighted by Crippen LogP contribution is 2.37. The van der Waals surface area contributed by atoms with Gasteiger partial charge in [0.1, 0.15) is 11.6 Å². The first kappa shape index (κ1) is 21.1. The van der Waals surface area contributed by atoms with E-state index in [1.807, 2.05) is 38.2 Å². The van der Waals surface area contributed by atoms with Crippen LogP contribution in [-0.4, -0.2) is 35.9 Å². The summed E-state index contributed by atoms with van der Waals surface area (Å²) in [7, 11) is 3.49. The molecule has 1 fully saturated rings. The number of methoxy groups -OCH3 is 1. The third-order valence-electron chi connectivity index (χ3n) is 5.93. The number of hydrogen-bond donors (Lipinski definition) is 2. The van der Waals surface area contributed by atoms with E-state index in [0.29, 0.717) is 12.2 Å². The van der Waals surface area contributed by atoms with Crippen molar-refractivity contribution < 1.29 is 9.53 Å². The number of benzene rings is 2. The van der Waals surface area contributed by atoms with E-state index in [1.54, 1.807) is 11.8 Å². The van der Waals surface area contributed by atoms with Crippen molar-refractivity contribution in [1.82, 2.24) is 15.1 Å². The molecule has 0 radical (unpaired) electrons. The number of carbonyl (C=O) groups is 1. The molecule has 1 atom stereocenters. The Kier molecular flexibility index (Phi) is 6.37. The van der Waals surface area contributed by atoms with E-state index in [1.165, 1.54) is 12.0 Å². The van der Waals surface area contributed by atoms with Crippen LogP contribution in [0.3, 0.4) is 0 Å². The van der Waals surface area contributed by atoms with Gasteiger partial charge in [0.15, 0.2) is 0 Å². The molecule has 31 heavy (non-hydrogen) atoms. The van der Waals surface area contributed by atoms with Crippen LogP contribution < -0.4 is 15.4 Å². The maximum atomic E-state index is 12.9. The molecule has 4 rings (SSSR count). The highest BCUT2D eigenvalue weighted by molar-refractivity contribution is 5.96. The van der Waals surface area contributed by atoms with Gasteiger partial charge < -0.3 is 15.4 Å². The summed E-state index contributed by atoms with van der Waals surface area (Å²) in [6, 6.07) is 16.2. The number of carbonyl (C=O) groups excluding carboxylic acids is 1. The lowest BCUT2D eigenvalue weighted by atomic mass is 9.97. The van der Waals surface area contributed by atoms with Gasteiger partial charge in [-0.3, -0.25) is 9.48 Å². The molecule has 2 N–H and O–H groups in total. The topological polar surface area (TPSA) is 68.2 Å². The Bertz CT molecular complexity index is 1050. The number of aryl methyl sites for hydroxylation is 2. The van der Waals surface area contributed by atoms with Crippen molar-refractivity contribution >= 4 is 11.7 Å². The Labute approximate surface area is 183 Å². The zero-order valence-electron chi connectivity index (χ0n) is 18.4. The molecule has 6 heteroatoms. The number of aromatic nitrogens is 2. The van der Waals surface area contributed by atoms with Crippen molar-refractivity contribution in [2.24, 2.45) is 13.0 Å². The largest absolute Gasteiger partial charge is 0.496 e. The lowest BCUT2D eigenvalue weighted by Crippen LogP contribution is -2.17. The van der Waals surface area contributed by atoms with E-state index >= 15 is 0 Å². The van der Waals surface area contributed by atoms with Crippen molar-refractivity contribution in [1.29, 1.82) is 0 Å². The zero-order chi connectivity index (χ0) is 21.8. The van der Waals surface area contributed by atoms with Crippen molar-refractivity contribution in [3.05, 3.63) is 65.4 Å². The van der Waals surface area contributed by atoms with Crippen LogP contribution in [0.5, 0.6) is 5.75 Å². The summed E-state index contributed by atoms with van der Waals surface area (Å²) >= 11 is 0. The quantitative estimate of drug-likeness (QED) is 0.613. The molecule has 0 aliphatic carbocycles. The van der Waals surface area contributed by atoms with E-state index in [-0.39, 0.29) is 5.91 Å². The summed E-state index contributed by atoms with van der Waals surface area (Å²) in [4.78, 5) is 12.9. The van der Waals surface area contributed by atoms with E-state index in [9.17, 15) is 4.79 Å². The molecule has 0 saturated carbocycles. The van der Waals surface area contributed by atoms with Gasteiger partial charge in [0.25, 0.3) is 0 Å². The second kappa shape index (κ2) is 9.35. The molecular weight excluding hydrogens is 388 g/mol. The van der Waals surface area contributed by atoms with E-state index in [2.05, 4.69) is 40.0 Å². The van der Waals surface area contributed by atoms with Crippen LogP contribution in [0.25, 0.3) is 11.1 Å². The second-order valence-electron chi connectivity index (χ2n) is 8.24. The number of nitrogens with one attached hydrogen (secondary N) is 2. The Morgan fingerprint density at radius 2 is 1.94 bits per heavy atom. The Balaban J connectivity index is 1.48. The average molecular weight is 419 g/mol. The van der Waals surface area contributed by atoms with Gasteiger partial charge >= 0.3 is 0 Å².